The van der Waals surface area contributed by atoms with Gasteiger partial charge in [-0.15, -0.1) is 0 Å². The lowest BCUT2D eigenvalue weighted by molar-refractivity contribution is -0.128. The van der Waals surface area contributed by atoms with Crippen molar-refractivity contribution in [3.05, 3.63) is 59.3 Å². The molecule has 2 aromatic heterocycles. The lowest BCUT2D eigenvalue weighted by Crippen LogP contribution is -2.49. The summed E-state index contributed by atoms with van der Waals surface area (Å²) in [5.41, 5.74) is 2.02. The normalized spacial score (nSPS) is 14.3. The van der Waals surface area contributed by atoms with Crippen molar-refractivity contribution in [2.75, 3.05) is 36.8 Å². The average molecular weight is 458 g/mol. The molecule has 1 aliphatic heterocycles. The summed E-state index contributed by atoms with van der Waals surface area (Å²) in [5.74, 6) is 1.50. The largest absolute Gasteiger partial charge is 0.353 e. The SMILES string of the molecule is O=C(CSc1ncc(-c2ccc(Br)cc2)[nH]1)N1CCN(c2ccccn2)CC1. The molecule has 1 aromatic carbocycles. The van der Waals surface area contributed by atoms with E-state index in [2.05, 4.69) is 35.8 Å². The van der Waals surface area contributed by atoms with Gasteiger partial charge in [0.15, 0.2) is 5.16 Å². The Kier molecular flexibility index (Phi) is 5.97. The van der Waals surface area contributed by atoms with Crippen LogP contribution < -0.4 is 4.90 Å². The van der Waals surface area contributed by atoms with E-state index in [1.807, 2.05) is 53.6 Å². The highest BCUT2D eigenvalue weighted by molar-refractivity contribution is 9.10. The van der Waals surface area contributed by atoms with E-state index in [1.54, 1.807) is 6.20 Å². The lowest BCUT2D eigenvalue weighted by Gasteiger charge is -2.35. The number of halogens is 1. The molecule has 3 heterocycles. The van der Waals surface area contributed by atoms with Crippen molar-refractivity contribution in [2.24, 2.45) is 0 Å². The molecule has 1 amide bonds. The Hall–Kier alpha value is -2.32. The van der Waals surface area contributed by atoms with Crippen molar-refractivity contribution in [1.82, 2.24) is 19.9 Å². The number of carbonyl (C=O) groups is 1. The number of nitrogens with zero attached hydrogens (tertiary/aromatic N) is 4. The number of imidazole rings is 1. The number of benzene rings is 1. The molecule has 144 valence electrons. The van der Waals surface area contributed by atoms with Gasteiger partial charge in [-0.3, -0.25) is 4.79 Å². The number of thioether (sulfide) groups is 1. The van der Waals surface area contributed by atoms with Crippen LogP contribution in [-0.2, 0) is 4.79 Å². The fourth-order valence-electron chi connectivity index (χ4n) is 3.10. The smallest absolute Gasteiger partial charge is 0.233 e. The summed E-state index contributed by atoms with van der Waals surface area (Å²) < 4.78 is 1.04. The summed E-state index contributed by atoms with van der Waals surface area (Å²) in [7, 11) is 0. The number of piperazine rings is 1. The maximum atomic E-state index is 12.6. The van der Waals surface area contributed by atoms with E-state index in [-0.39, 0.29) is 5.91 Å². The summed E-state index contributed by atoms with van der Waals surface area (Å²) in [5, 5.41) is 0.762. The maximum Gasteiger partial charge on any atom is 0.233 e. The van der Waals surface area contributed by atoms with Gasteiger partial charge >= 0.3 is 0 Å². The van der Waals surface area contributed by atoms with E-state index < -0.39 is 0 Å². The van der Waals surface area contributed by atoms with Crippen molar-refractivity contribution in [1.29, 1.82) is 0 Å². The second kappa shape index (κ2) is 8.79. The summed E-state index contributed by atoms with van der Waals surface area (Å²) in [6.45, 7) is 3.06. The number of aromatic nitrogens is 3. The average Bonchev–Trinajstić information content (AvgIpc) is 3.22. The molecule has 1 fully saturated rings. The molecular weight excluding hydrogens is 438 g/mol. The zero-order chi connectivity index (χ0) is 19.3. The molecule has 0 bridgehead atoms. The zero-order valence-electron chi connectivity index (χ0n) is 15.2. The number of pyridine rings is 1. The molecular formula is C20H20BrN5OS. The third-order valence-electron chi connectivity index (χ3n) is 4.65. The monoisotopic (exact) mass is 457 g/mol. The van der Waals surface area contributed by atoms with Crippen LogP contribution in [-0.4, -0.2) is 57.7 Å². The van der Waals surface area contributed by atoms with E-state index >= 15 is 0 Å². The summed E-state index contributed by atoms with van der Waals surface area (Å²) in [6.07, 6.45) is 3.61. The molecule has 4 rings (SSSR count). The van der Waals surface area contributed by atoms with Gasteiger partial charge in [0.2, 0.25) is 5.91 Å². The van der Waals surface area contributed by atoms with Gasteiger partial charge in [0.1, 0.15) is 5.82 Å². The Morgan fingerprint density at radius 3 is 2.57 bits per heavy atom. The molecule has 0 radical (unpaired) electrons. The van der Waals surface area contributed by atoms with Crippen LogP contribution in [0.4, 0.5) is 5.82 Å². The highest BCUT2D eigenvalue weighted by Gasteiger charge is 2.22. The van der Waals surface area contributed by atoms with Crippen LogP contribution in [0.2, 0.25) is 0 Å². The zero-order valence-corrected chi connectivity index (χ0v) is 17.6. The first kappa shape index (κ1) is 19.0. The van der Waals surface area contributed by atoms with Gasteiger partial charge in [-0.2, -0.15) is 0 Å². The number of aromatic amines is 1. The summed E-state index contributed by atoms with van der Waals surface area (Å²) >= 11 is 4.89. The van der Waals surface area contributed by atoms with Crippen LogP contribution in [0.1, 0.15) is 0 Å². The molecule has 0 aliphatic carbocycles. The van der Waals surface area contributed by atoms with Gasteiger partial charge in [-0.25, -0.2) is 9.97 Å². The van der Waals surface area contributed by atoms with Crippen LogP contribution in [0, 0.1) is 0 Å². The van der Waals surface area contributed by atoms with Crippen molar-refractivity contribution in [3.63, 3.8) is 0 Å². The van der Waals surface area contributed by atoms with E-state index in [0.29, 0.717) is 5.75 Å². The van der Waals surface area contributed by atoms with Crippen LogP contribution in [0.3, 0.4) is 0 Å². The Morgan fingerprint density at radius 1 is 1.07 bits per heavy atom. The second-order valence-electron chi connectivity index (χ2n) is 6.45. The van der Waals surface area contributed by atoms with Crippen LogP contribution >= 0.6 is 27.7 Å². The number of hydrogen-bond acceptors (Lipinski definition) is 5. The Labute approximate surface area is 176 Å². The molecule has 3 aromatic rings. The van der Waals surface area contributed by atoms with Crippen LogP contribution in [0.5, 0.6) is 0 Å². The van der Waals surface area contributed by atoms with Crippen LogP contribution in [0.15, 0.2) is 64.5 Å². The summed E-state index contributed by atoms with van der Waals surface area (Å²) in [4.78, 5) is 28.8. The molecule has 1 saturated heterocycles. The number of H-pyrrole nitrogens is 1. The van der Waals surface area contributed by atoms with Gasteiger partial charge < -0.3 is 14.8 Å². The number of hydrogen-bond donors (Lipinski definition) is 1. The number of rotatable bonds is 5. The lowest BCUT2D eigenvalue weighted by atomic mass is 10.2. The number of anilines is 1. The molecule has 8 heteroatoms. The van der Waals surface area contributed by atoms with E-state index in [0.717, 1.165) is 52.9 Å². The van der Waals surface area contributed by atoms with Gasteiger partial charge in [-0.1, -0.05) is 45.9 Å². The van der Waals surface area contributed by atoms with Crippen molar-refractivity contribution < 1.29 is 4.79 Å². The predicted octanol–water partition coefficient (Wildman–Crippen LogP) is 3.68. The van der Waals surface area contributed by atoms with Crippen molar-refractivity contribution in [3.8, 4) is 11.3 Å². The molecule has 0 saturated carbocycles. The molecule has 1 aliphatic rings. The highest BCUT2D eigenvalue weighted by Crippen LogP contribution is 2.23. The third-order valence-corrected chi connectivity index (χ3v) is 6.05. The quantitative estimate of drug-likeness (QED) is 0.591. The van der Waals surface area contributed by atoms with E-state index in [4.69, 9.17) is 0 Å². The Morgan fingerprint density at radius 2 is 1.86 bits per heavy atom. The van der Waals surface area contributed by atoms with E-state index in [9.17, 15) is 4.79 Å². The fourth-order valence-corrected chi connectivity index (χ4v) is 4.12. The molecule has 28 heavy (non-hydrogen) atoms. The first-order valence-electron chi connectivity index (χ1n) is 9.06. The second-order valence-corrected chi connectivity index (χ2v) is 8.33. The molecule has 0 atom stereocenters. The predicted molar refractivity (Wildman–Crippen MR) is 115 cm³/mol. The fraction of sp³-hybridized carbons (Fsp3) is 0.250. The molecule has 0 unspecified atom stereocenters. The minimum Gasteiger partial charge on any atom is -0.353 e. The van der Waals surface area contributed by atoms with Gasteiger partial charge in [0, 0.05) is 36.8 Å². The number of carbonyl (C=O) groups excluding carboxylic acids is 1. The Bertz CT molecular complexity index is 923. The maximum absolute atomic E-state index is 12.6. The van der Waals surface area contributed by atoms with Gasteiger partial charge in [0.25, 0.3) is 0 Å². The molecule has 1 N–H and O–H groups in total. The first-order valence-corrected chi connectivity index (χ1v) is 10.8. The first-order chi connectivity index (χ1) is 13.7. The van der Waals surface area contributed by atoms with Crippen molar-refractivity contribution in [2.45, 2.75) is 5.16 Å². The standard InChI is InChI=1S/C20H20BrN5OS/c21-16-6-4-15(5-7-16)17-13-23-20(24-17)28-14-19(27)26-11-9-25(10-12-26)18-3-1-2-8-22-18/h1-8,13H,9-12,14H2,(H,23,24). The van der Waals surface area contributed by atoms with Crippen LogP contribution in [0.25, 0.3) is 11.3 Å². The summed E-state index contributed by atoms with van der Waals surface area (Å²) in [6, 6.07) is 14.0. The highest BCUT2D eigenvalue weighted by atomic mass is 79.9. The minimum absolute atomic E-state index is 0.146. The topological polar surface area (TPSA) is 65.1 Å². The molecule has 6 nitrogen and oxygen atoms in total. The van der Waals surface area contributed by atoms with Crippen molar-refractivity contribution >= 4 is 39.4 Å². The van der Waals surface area contributed by atoms with E-state index in [1.165, 1.54) is 11.8 Å². The molecule has 0 spiro atoms. The Balaban J connectivity index is 1.28. The number of nitrogens with one attached hydrogen (secondary N) is 1. The van der Waals surface area contributed by atoms with Gasteiger partial charge in [-0.05, 0) is 29.8 Å². The number of amides is 1. The minimum atomic E-state index is 0.146. The van der Waals surface area contributed by atoms with Gasteiger partial charge in [0.05, 0.1) is 17.6 Å². The third kappa shape index (κ3) is 4.56.